The van der Waals surface area contributed by atoms with Crippen LogP contribution in [0.25, 0.3) is 33.1 Å². The van der Waals surface area contributed by atoms with Gasteiger partial charge in [0.1, 0.15) is 23.9 Å². The standard InChI is InChI=1S/C54H55ClN10O6/c1-33(28-64-30-40(38-14-6-7-16-44(38)64)51-57-27-42(58-51)49(66)35-25-46(68-3)50(70-5)47(26-35)69-4)53(67)65-24-23-63(29-36(65)18-20-56)52-39-19-22-62(45-17-9-12-34-11-8-15-41(55)48(34)45)31-43(39)59-54(60-52)71-32-37-13-10-21-61(37)2/h6-9,11-12,14-17,25-27,30,36-37H,1,10,13,18-19,21-24,28-29,31-32H2,2-5H3,(H,57,58)/t36-,37-/m0/s1. The number of ether oxygens (including phenoxy) is 4. The second-order valence-corrected chi connectivity index (χ2v) is 18.7. The van der Waals surface area contributed by atoms with Gasteiger partial charge in [-0.3, -0.25) is 9.59 Å². The van der Waals surface area contributed by atoms with E-state index >= 15 is 0 Å². The lowest BCUT2D eigenvalue weighted by Crippen LogP contribution is -2.56. The molecule has 3 aliphatic heterocycles. The number of likely N-dealkylation sites (tertiary alicyclic amines) is 1. The number of carbonyl (C=O) groups is 2. The third kappa shape index (κ3) is 9.07. The molecular weight excluding hydrogens is 920 g/mol. The lowest BCUT2D eigenvalue weighted by Gasteiger charge is -2.42. The van der Waals surface area contributed by atoms with Crippen molar-refractivity contribution >= 4 is 56.5 Å². The Morgan fingerprint density at radius 2 is 1.72 bits per heavy atom. The number of anilines is 2. The average molecular weight is 976 g/mol. The van der Waals surface area contributed by atoms with Gasteiger partial charge in [-0.05, 0) is 68.6 Å². The van der Waals surface area contributed by atoms with Crippen LogP contribution in [-0.4, -0.2) is 126 Å². The largest absolute Gasteiger partial charge is 0.493 e. The minimum Gasteiger partial charge on any atom is -0.493 e. The molecule has 2 fully saturated rings. The number of benzene rings is 4. The lowest BCUT2D eigenvalue weighted by molar-refractivity contribution is -0.129. The molecule has 0 saturated carbocycles. The molecular formula is C54H55ClN10O6. The number of piperazine rings is 1. The Balaban J connectivity index is 0.885. The first-order valence-electron chi connectivity index (χ1n) is 23.8. The van der Waals surface area contributed by atoms with Crippen LogP contribution >= 0.6 is 11.6 Å². The number of halogens is 1. The van der Waals surface area contributed by atoms with Crippen molar-refractivity contribution in [3.8, 4) is 40.7 Å². The van der Waals surface area contributed by atoms with E-state index in [4.69, 9.17) is 40.5 Å². The number of nitrogens with one attached hydrogen (secondary N) is 1. The molecule has 3 aliphatic rings. The molecule has 16 nitrogen and oxygen atoms in total. The SMILES string of the molecule is C=C(Cn1cc(-c2ncc(C(=O)c3cc(OC)c(OC)c(OC)c3)[nH]2)c2ccccc21)C(=O)N1CCN(c2nc(OC[C@@H]3CCCN3C)nc3c2CCN(c2cccc4cccc(Cl)c24)C3)C[C@@H]1CC#N. The molecule has 1 amide bonds. The van der Waals surface area contributed by atoms with Crippen LogP contribution in [0, 0.1) is 11.3 Å². The number of rotatable bonds is 15. The number of imidazole rings is 1. The Labute approximate surface area is 417 Å². The summed E-state index contributed by atoms with van der Waals surface area (Å²) in [6, 6.07) is 25.8. The van der Waals surface area contributed by atoms with E-state index in [0.717, 1.165) is 75.9 Å². The van der Waals surface area contributed by atoms with Gasteiger partial charge in [0.05, 0.1) is 69.9 Å². The van der Waals surface area contributed by atoms with Gasteiger partial charge < -0.3 is 48.1 Å². The molecule has 0 bridgehead atoms. The van der Waals surface area contributed by atoms with E-state index in [-0.39, 0.29) is 36.4 Å². The molecule has 0 aliphatic carbocycles. The smallest absolute Gasteiger partial charge is 0.318 e. The third-order valence-corrected chi connectivity index (χ3v) is 14.4. The number of nitriles is 1. The number of para-hydroxylation sites is 1. The van der Waals surface area contributed by atoms with Crippen LogP contribution in [0.5, 0.6) is 23.3 Å². The quantitative estimate of drug-likeness (QED) is 0.0774. The van der Waals surface area contributed by atoms with Gasteiger partial charge in [-0.1, -0.05) is 60.6 Å². The van der Waals surface area contributed by atoms with E-state index < -0.39 is 6.04 Å². The highest BCUT2D eigenvalue weighted by Crippen LogP contribution is 2.40. The first-order valence-corrected chi connectivity index (χ1v) is 24.2. The monoisotopic (exact) mass is 974 g/mol. The molecule has 1 N–H and O–H groups in total. The van der Waals surface area contributed by atoms with Crippen molar-refractivity contribution in [3.63, 3.8) is 0 Å². The first kappa shape index (κ1) is 47.1. The Kier molecular flexibility index (Phi) is 13.3. The summed E-state index contributed by atoms with van der Waals surface area (Å²) < 4.78 is 24.8. The van der Waals surface area contributed by atoms with Crippen LogP contribution in [0.3, 0.4) is 0 Å². The van der Waals surface area contributed by atoms with Gasteiger partial charge in [0, 0.05) is 82.7 Å². The Bertz CT molecular complexity index is 3200. The molecule has 0 unspecified atom stereocenters. The van der Waals surface area contributed by atoms with Crippen molar-refractivity contribution in [1.29, 1.82) is 5.26 Å². The topological polar surface area (TPSA) is 167 Å². The summed E-state index contributed by atoms with van der Waals surface area (Å²) in [6.45, 7) is 8.52. The maximum absolute atomic E-state index is 14.5. The van der Waals surface area contributed by atoms with Crippen LogP contribution in [0.1, 0.15) is 46.6 Å². The van der Waals surface area contributed by atoms with Crippen LogP contribution in [0.2, 0.25) is 5.02 Å². The number of carbonyl (C=O) groups excluding carboxylic acids is 2. The number of likely N-dealkylation sites (N-methyl/N-ethyl adjacent to an activating group) is 1. The molecule has 7 aromatic rings. The molecule has 2 atom stereocenters. The van der Waals surface area contributed by atoms with Gasteiger partial charge in [0.15, 0.2) is 11.5 Å². The van der Waals surface area contributed by atoms with Crippen molar-refractivity contribution in [2.45, 2.75) is 50.9 Å². The highest BCUT2D eigenvalue weighted by atomic mass is 35.5. The van der Waals surface area contributed by atoms with Crippen LogP contribution < -0.4 is 28.7 Å². The molecule has 364 valence electrons. The fourth-order valence-electron chi connectivity index (χ4n) is 10.4. The van der Waals surface area contributed by atoms with E-state index in [1.54, 1.807) is 17.0 Å². The number of hydrogen-bond donors (Lipinski definition) is 1. The normalized spacial score (nSPS) is 17.0. The number of ketones is 1. The highest BCUT2D eigenvalue weighted by Gasteiger charge is 2.35. The molecule has 0 spiro atoms. The second-order valence-electron chi connectivity index (χ2n) is 18.3. The fraction of sp³-hybridized carbons (Fsp3) is 0.333. The Hall–Kier alpha value is -7.61. The van der Waals surface area contributed by atoms with Crippen molar-refractivity contribution in [2.24, 2.45) is 0 Å². The number of aromatic amines is 1. The molecule has 3 aromatic heterocycles. The van der Waals surface area contributed by atoms with Gasteiger partial charge in [0.2, 0.25) is 11.5 Å². The van der Waals surface area contributed by atoms with Gasteiger partial charge in [-0.2, -0.15) is 15.2 Å². The summed E-state index contributed by atoms with van der Waals surface area (Å²) >= 11 is 6.81. The number of aromatic nitrogens is 5. The van der Waals surface area contributed by atoms with Crippen molar-refractivity contribution in [1.82, 2.24) is 34.3 Å². The van der Waals surface area contributed by atoms with Crippen LogP contribution in [0.15, 0.2) is 97.3 Å². The fourth-order valence-corrected chi connectivity index (χ4v) is 10.7. The molecule has 71 heavy (non-hydrogen) atoms. The molecule has 17 heteroatoms. The maximum atomic E-state index is 14.5. The zero-order valence-electron chi connectivity index (χ0n) is 40.3. The zero-order valence-corrected chi connectivity index (χ0v) is 41.0. The summed E-state index contributed by atoms with van der Waals surface area (Å²) in [6.07, 6.45) is 6.40. The number of hydrogen-bond acceptors (Lipinski definition) is 13. The van der Waals surface area contributed by atoms with Gasteiger partial charge in [-0.15, -0.1) is 0 Å². The van der Waals surface area contributed by atoms with Crippen molar-refractivity contribution in [2.75, 3.05) is 77.5 Å². The van der Waals surface area contributed by atoms with Crippen molar-refractivity contribution in [3.05, 3.63) is 125 Å². The zero-order chi connectivity index (χ0) is 49.3. The second kappa shape index (κ2) is 20.0. The van der Waals surface area contributed by atoms with E-state index in [0.29, 0.717) is 84.4 Å². The number of fused-ring (bicyclic) bond motifs is 3. The average Bonchev–Trinajstić information content (AvgIpc) is 4.15. The van der Waals surface area contributed by atoms with E-state index in [1.165, 1.54) is 27.5 Å². The highest BCUT2D eigenvalue weighted by molar-refractivity contribution is 6.36. The number of H-pyrrole nitrogens is 1. The van der Waals surface area contributed by atoms with E-state index in [2.05, 4.69) is 68.6 Å². The first-order chi connectivity index (χ1) is 34.6. The van der Waals surface area contributed by atoms with Gasteiger partial charge in [-0.25, -0.2) is 4.98 Å². The predicted molar refractivity (Wildman–Crippen MR) is 273 cm³/mol. The van der Waals surface area contributed by atoms with Crippen LogP contribution in [-0.2, 0) is 24.3 Å². The summed E-state index contributed by atoms with van der Waals surface area (Å²) in [5, 5.41) is 13.8. The van der Waals surface area contributed by atoms with Gasteiger partial charge in [0.25, 0.3) is 5.91 Å². The summed E-state index contributed by atoms with van der Waals surface area (Å²) in [7, 11) is 6.62. The molecule has 0 radical (unpaired) electrons. The van der Waals surface area contributed by atoms with Gasteiger partial charge >= 0.3 is 6.01 Å². The predicted octanol–water partition coefficient (Wildman–Crippen LogP) is 8.11. The Morgan fingerprint density at radius 3 is 2.46 bits per heavy atom. The third-order valence-electron chi connectivity index (χ3n) is 14.1. The summed E-state index contributed by atoms with van der Waals surface area (Å²) in [5.41, 5.74) is 5.55. The Morgan fingerprint density at radius 1 is 0.930 bits per heavy atom. The molecule has 4 aromatic carbocycles. The number of nitrogens with zero attached hydrogens (tertiary/aromatic N) is 9. The number of methoxy groups -OCH3 is 3. The molecule has 10 rings (SSSR count). The summed E-state index contributed by atoms with van der Waals surface area (Å²) in [5.74, 6) is 1.83. The van der Waals surface area contributed by atoms with Crippen molar-refractivity contribution < 1.29 is 28.5 Å². The van der Waals surface area contributed by atoms with E-state index in [1.807, 2.05) is 47.2 Å². The summed E-state index contributed by atoms with van der Waals surface area (Å²) in [4.78, 5) is 55.0. The minimum atomic E-state index is -0.431. The van der Waals surface area contributed by atoms with E-state index in [9.17, 15) is 14.9 Å². The maximum Gasteiger partial charge on any atom is 0.318 e. The lowest BCUT2D eigenvalue weighted by atomic mass is 10.0. The molecule has 6 heterocycles. The minimum absolute atomic E-state index is 0.127. The molecule has 2 saturated heterocycles. The van der Waals surface area contributed by atoms with Crippen LogP contribution in [0.4, 0.5) is 11.5 Å². The number of amides is 1.